The number of hydrogen-bond acceptors (Lipinski definition) is 12. The monoisotopic (exact) mass is 740 g/mol. The van der Waals surface area contributed by atoms with Gasteiger partial charge in [-0.2, -0.15) is 0 Å². The van der Waals surface area contributed by atoms with E-state index >= 15 is 0 Å². The van der Waals surface area contributed by atoms with Crippen LogP contribution in [0.5, 0.6) is 0 Å². The number of amides is 3. The van der Waals surface area contributed by atoms with E-state index in [0.29, 0.717) is 44.9 Å². The van der Waals surface area contributed by atoms with Crippen LogP contribution < -0.4 is 27.0 Å². The third-order valence-electron chi connectivity index (χ3n) is 9.96. The van der Waals surface area contributed by atoms with E-state index in [1.165, 1.54) is 0 Å². The molecule has 4 unspecified atom stereocenters. The standard InChI is InChI=1S/C35H60N6O11/c1-5-23-6-8-24(9-7-23)32(48)40-26(33(49)50)10-12-28(43)39-25(11-13-30(45)46)31(47)35(4)22-41(35)16-17-51-18-19-52-21-27(42)34(2,3)38-20-29(44)37-15-14-36/h23-26,38H,5-22,36H2,1-4H3,(H,37,44)(H,39,43)(H,40,48)(H,45,46)(H,49,50). The predicted molar refractivity (Wildman–Crippen MR) is 189 cm³/mol. The largest absolute Gasteiger partial charge is 0.481 e. The van der Waals surface area contributed by atoms with E-state index in [2.05, 4.69) is 28.2 Å². The summed E-state index contributed by atoms with van der Waals surface area (Å²) in [6, 6.07) is -2.37. The highest BCUT2D eigenvalue weighted by atomic mass is 16.5. The Bertz CT molecular complexity index is 1240. The summed E-state index contributed by atoms with van der Waals surface area (Å²) in [5.74, 6) is -3.89. The second-order valence-electron chi connectivity index (χ2n) is 14.4. The van der Waals surface area contributed by atoms with Gasteiger partial charge in [0, 0.05) is 44.9 Å². The van der Waals surface area contributed by atoms with Gasteiger partial charge in [-0.3, -0.25) is 39.0 Å². The quantitative estimate of drug-likeness (QED) is 0.0418. The van der Waals surface area contributed by atoms with Crippen LogP contribution in [0.2, 0.25) is 0 Å². The number of carbonyl (C=O) groups excluding carboxylic acids is 5. The summed E-state index contributed by atoms with van der Waals surface area (Å²) in [6.07, 6.45) is 3.32. The van der Waals surface area contributed by atoms with Crippen LogP contribution in [-0.2, 0) is 43.0 Å². The number of nitrogens with two attached hydrogens (primary N) is 1. The number of ether oxygens (including phenoxy) is 2. The van der Waals surface area contributed by atoms with Gasteiger partial charge in [-0.25, -0.2) is 4.79 Å². The van der Waals surface area contributed by atoms with Crippen molar-refractivity contribution < 1.29 is 53.2 Å². The first-order chi connectivity index (χ1) is 24.5. The first kappa shape index (κ1) is 44.7. The molecule has 0 bridgehead atoms. The summed E-state index contributed by atoms with van der Waals surface area (Å²) in [5.41, 5.74) is 3.43. The zero-order valence-electron chi connectivity index (χ0n) is 31.1. The molecule has 1 heterocycles. The maximum Gasteiger partial charge on any atom is 0.326 e. The van der Waals surface area contributed by atoms with Gasteiger partial charge < -0.3 is 41.4 Å². The molecule has 0 radical (unpaired) electrons. The van der Waals surface area contributed by atoms with Crippen LogP contribution in [0.25, 0.3) is 0 Å². The number of nitrogens with zero attached hydrogens (tertiary/aromatic N) is 1. The fraction of sp³-hybridized carbons (Fsp3) is 0.800. The van der Waals surface area contributed by atoms with Crippen LogP contribution in [-0.4, -0.2) is 139 Å². The number of ketones is 2. The highest BCUT2D eigenvalue weighted by Crippen LogP contribution is 2.34. The number of carboxylic acid groups (broad SMARTS) is 2. The van der Waals surface area contributed by atoms with Crippen molar-refractivity contribution >= 4 is 41.2 Å². The van der Waals surface area contributed by atoms with Crippen molar-refractivity contribution in [3.63, 3.8) is 0 Å². The van der Waals surface area contributed by atoms with Gasteiger partial charge in [0.25, 0.3) is 0 Å². The molecule has 2 fully saturated rings. The van der Waals surface area contributed by atoms with Crippen LogP contribution >= 0.6 is 0 Å². The summed E-state index contributed by atoms with van der Waals surface area (Å²) in [6.45, 7) is 8.90. The molecular weight excluding hydrogens is 680 g/mol. The van der Waals surface area contributed by atoms with E-state index in [-0.39, 0.29) is 88.0 Å². The Balaban J connectivity index is 1.76. The Morgan fingerprint density at radius 3 is 2.17 bits per heavy atom. The highest BCUT2D eigenvalue weighted by molar-refractivity contribution is 5.98. The van der Waals surface area contributed by atoms with Gasteiger partial charge in [0.05, 0.1) is 43.5 Å². The van der Waals surface area contributed by atoms with Crippen molar-refractivity contribution in [1.29, 1.82) is 0 Å². The highest BCUT2D eigenvalue weighted by Gasteiger charge is 2.55. The molecular formula is C35H60N6O11. The fourth-order valence-electron chi connectivity index (χ4n) is 6.14. The SMILES string of the molecule is CCC1CCC(C(=O)NC(CCC(=O)NC(CCC(=O)O)C(=O)C2(C)CN2CCOCCOCC(=O)C(C)(C)NCC(=O)NCCN)C(=O)O)CC1. The van der Waals surface area contributed by atoms with Crippen molar-refractivity contribution in [2.75, 3.05) is 59.2 Å². The Kier molecular flexibility index (Phi) is 18.8. The first-order valence-electron chi connectivity index (χ1n) is 18.3. The Morgan fingerprint density at radius 1 is 0.904 bits per heavy atom. The van der Waals surface area contributed by atoms with E-state index in [0.717, 1.165) is 19.3 Å². The Morgan fingerprint density at radius 2 is 1.56 bits per heavy atom. The number of Topliss-reactive ketones (excluding diaryl/α,β-unsaturated/α-hetero) is 2. The molecule has 296 valence electrons. The number of carboxylic acids is 2. The van der Waals surface area contributed by atoms with Crippen LogP contribution in [0.1, 0.15) is 85.5 Å². The number of hydrogen-bond donors (Lipinski definition) is 7. The third kappa shape index (κ3) is 15.2. The molecule has 17 heteroatoms. The molecule has 3 amide bonds. The van der Waals surface area contributed by atoms with E-state index in [1.54, 1.807) is 20.8 Å². The molecule has 4 atom stereocenters. The average Bonchev–Trinajstić information content (AvgIpc) is 3.78. The van der Waals surface area contributed by atoms with Crippen LogP contribution in [0, 0.1) is 11.8 Å². The van der Waals surface area contributed by atoms with Crippen molar-refractivity contribution in [2.24, 2.45) is 17.6 Å². The minimum absolute atomic E-state index is 0.0412. The Labute approximate surface area is 305 Å². The van der Waals surface area contributed by atoms with Crippen LogP contribution in [0.3, 0.4) is 0 Å². The number of carbonyl (C=O) groups is 7. The van der Waals surface area contributed by atoms with Gasteiger partial charge in [0.15, 0.2) is 11.6 Å². The lowest BCUT2D eigenvalue weighted by atomic mass is 9.80. The van der Waals surface area contributed by atoms with Crippen molar-refractivity contribution in [2.45, 2.75) is 109 Å². The summed E-state index contributed by atoms with van der Waals surface area (Å²) in [4.78, 5) is 88.5. The van der Waals surface area contributed by atoms with Crippen molar-refractivity contribution in [1.82, 2.24) is 26.2 Å². The molecule has 8 N–H and O–H groups in total. The molecule has 1 aliphatic carbocycles. The van der Waals surface area contributed by atoms with Crippen molar-refractivity contribution in [3.05, 3.63) is 0 Å². The molecule has 1 aliphatic heterocycles. The minimum atomic E-state index is -1.27. The topological polar surface area (TPSA) is 256 Å². The van der Waals surface area contributed by atoms with Crippen LogP contribution in [0.15, 0.2) is 0 Å². The smallest absolute Gasteiger partial charge is 0.326 e. The molecule has 0 spiro atoms. The maximum absolute atomic E-state index is 13.5. The average molecular weight is 741 g/mol. The lowest BCUT2D eigenvalue weighted by Crippen LogP contribution is -2.52. The second-order valence-corrected chi connectivity index (χ2v) is 14.4. The third-order valence-corrected chi connectivity index (χ3v) is 9.96. The molecule has 1 saturated heterocycles. The zero-order chi connectivity index (χ0) is 38.9. The molecule has 2 aliphatic rings. The lowest BCUT2D eigenvalue weighted by Gasteiger charge is -2.28. The first-order valence-corrected chi connectivity index (χ1v) is 18.3. The van der Waals surface area contributed by atoms with Crippen LogP contribution in [0.4, 0.5) is 0 Å². The molecule has 52 heavy (non-hydrogen) atoms. The normalized spacial score (nSPS) is 22.4. The second kappa shape index (κ2) is 21.9. The van der Waals surface area contributed by atoms with Crippen molar-refractivity contribution in [3.8, 4) is 0 Å². The van der Waals surface area contributed by atoms with E-state index in [4.69, 9.17) is 15.2 Å². The number of nitrogens with one attached hydrogen (secondary N) is 4. The fourth-order valence-corrected chi connectivity index (χ4v) is 6.14. The summed E-state index contributed by atoms with van der Waals surface area (Å²) in [7, 11) is 0. The molecule has 1 saturated carbocycles. The van der Waals surface area contributed by atoms with Gasteiger partial charge >= 0.3 is 11.9 Å². The molecule has 0 aromatic rings. The van der Waals surface area contributed by atoms with E-state index in [1.807, 2.05) is 4.90 Å². The molecule has 17 nitrogen and oxygen atoms in total. The van der Waals surface area contributed by atoms with Gasteiger partial charge in [-0.1, -0.05) is 13.3 Å². The number of rotatable bonds is 27. The summed E-state index contributed by atoms with van der Waals surface area (Å²) < 4.78 is 11.0. The number of aliphatic carboxylic acids is 2. The van der Waals surface area contributed by atoms with Gasteiger partial charge in [-0.15, -0.1) is 0 Å². The molecule has 2 rings (SSSR count). The molecule has 0 aromatic heterocycles. The van der Waals surface area contributed by atoms with E-state index in [9.17, 15) is 43.8 Å². The summed E-state index contributed by atoms with van der Waals surface area (Å²) in [5, 5.41) is 29.6. The van der Waals surface area contributed by atoms with Gasteiger partial charge in [0.2, 0.25) is 17.7 Å². The van der Waals surface area contributed by atoms with Gasteiger partial charge in [-0.05, 0) is 65.2 Å². The lowest BCUT2D eigenvalue weighted by molar-refractivity contribution is -0.143. The Hall–Kier alpha value is -3.51. The summed E-state index contributed by atoms with van der Waals surface area (Å²) >= 11 is 0. The predicted octanol–water partition coefficient (Wildman–Crippen LogP) is -0.409. The zero-order valence-corrected chi connectivity index (χ0v) is 31.1. The van der Waals surface area contributed by atoms with Gasteiger partial charge in [0.1, 0.15) is 12.6 Å². The van der Waals surface area contributed by atoms with E-state index < -0.39 is 41.0 Å². The molecule has 0 aromatic carbocycles. The maximum atomic E-state index is 13.5. The minimum Gasteiger partial charge on any atom is -0.481 e.